The van der Waals surface area contributed by atoms with Crippen LogP contribution in [0.5, 0.6) is 11.5 Å². The molecule has 0 atom stereocenters. The predicted molar refractivity (Wildman–Crippen MR) is 119 cm³/mol. The number of nitrogens with one attached hydrogen (secondary N) is 1. The first-order valence-electron chi connectivity index (χ1n) is 10.7. The molecule has 0 aliphatic heterocycles. The fourth-order valence-corrected chi connectivity index (χ4v) is 3.79. The van der Waals surface area contributed by atoms with Crippen LogP contribution >= 0.6 is 11.6 Å². The Bertz CT molecular complexity index is 788. The second-order valence-electron chi connectivity index (χ2n) is 8.54. The van der Waals surface area contributed by atoms with Gasteiger partial charge in [0.25, 0.3) is 0 Å². The van der Waals surface area contributed by atoms with E-state index in [1.165, 1.54) is 0 Å². The third-order valence-corrected chi connectivity index (χ3v) is 5.84. The van der Waals surface area contributed by atoms with Gasteiger partial charge in [0, 0.05) is 22.7 Å². The van der Waals surface area contributed by atoms with E-state index in [9.17, 15) is 4.79 Å². The highest BCUT2D eigenvalue weighted by molar-refractivity contribution is 6.30. The molecule has 1 aliphatic rings. The third-order valence-electron chi connectivity index (χ3n) is 5.59. The first kappa shape index (κ1) is 22.4. The van der Waals surface area contributed by atoms with Crippen LogP contribution in [0.15, 0.2) is 48.8 Å². The van der Waals surface area contributed by atoms with E-state index in [0.717, 1.165) is 50.0 Å². The van der Waals surface area contributed by atoms with Gasteiger partial charge >= 0.3 is 0 Å². The average Bonchev–Trinajstić information content (AvgIpc) is 2.74. The molecule has 0 radical (unpaired) electrons. The summed E-state index contributed by atoms with van der Waals surface area (Å²) in [6, 6.07) is 11.4. The number of hydrogen-bond acceptors (Lipinski definition) is 4. The molecule has 3 rings (SSSR count). The van der Waals surface area contributed by atoms with Crippen molar-refractivity contribution < 1.29 is 14.3 Å². The highest BCUT2D eigenvalue weighted by atomic mass is 35.5. The zero-order valence-corrected chi connectivity index (χ0v) is 18.5. The summed E-state index contributed by atoms with van der Waals surface area (Å²) >= 11 is 5.88. The van der Waals surface area contributed by atoms with Crippen molar-refractivity contribution in [2.45, 2.75) is 64.5 Å². The molecule has 1 saturated carbocycles. The first-order chi connectivity index (χ1) is 14.4. The molecule has 1 fully saturated rings. The Hall–Kier alpha value is -2.27. The van der Waals surface area contributed by atoms with E-state index in [4.69, 9.17) is 21.1 Å². The van der Waals surface area contributed by atoms with Crippen LogP contribution in [0.4, 0.5) is 0 Å². The van der Waals surface area contributed by atoms with Crippen LogP contribution < -0.4 is 14.8 Å². The Morgan fingerprint density at radius 1 is 1.13 bits per heavy atom. The van der Waals surface area contributed by atoms with Gasteiger partial charge in [-0.15, -0.1) is 0 Å². The Kier molecular flexibility index (Phi) is 7.97. The maximum atomic E-state index is 12.8. The van der Waals surface area contributed by atoms with Crippen LogP contribution in [0.2, 0.25) is 5.02 Å². The summed E-state index contributed by atoms with van der Waals surface area (Å²) in [4.78, 5) is 16.9. The standard InChI is InChI=1S/C24H31ClN2O3/c1-24(2,14-4-16-29-20-10-6-18(25)7-11-20)23(28)27-19-8-12-21(13-9-19)30-22-5-3-15-26-17-22/h3,5-7,10-11,15,17,19,21H,4,8-9,12-14,16H2,1-2H3,(H,27,28). The van der Waals surface area contributed by atoms with E-state index in [0.29, 0.717) is 11.6 Å². The van der Waals surface area contributed by atoms with Crippen LogP contribution in [0.25, 0.3) is 0 Å². The molecule has 0 saturated heterocycles. The van der Waals surface area contributed by atoms with Gasteiger partial charge in [0.2, 0.25) is 5.91 Å². The van der Waals surface area contributed by atoms with E-state index < -0.39 is 5.41 Å². The number of halogens is 1. The smallest absolute Gasteiger partial charge is 0.225 e. The minimum atomic E-state index is -0.424. The van der Waals surface area contributed by atoms with Gasteiger partial charge in [-0.2, -0.15) is 0 Å². The van der Waals surface area contributed by atoms with Crippen molar-refractivity contribution in [3.8, 4) is 11.5 Å². The maximum absolute atomic E-state index is 12.8. The third kappa shape index (κ3) is 6.91. The average molecular weight is 431 g/mol. The Morgan fingerprint density at radius 2 is 1.87 bits per heavy atom. The predicted octanol–water partition coefficient (Wildman–Crippen LogP) is 5.43. The summed E-state index contributed by atoms with van der Waals surface area (Å²) < 4.78 is 11.7. The molecule has 1 amide bonds. The van der Waals surface area contributed by atoms with Gasteiger partial charge in [0.1, 0.15) is 11.5 Å². The quantitative estimate of drug-likeness (QED) is 0.539. The van der Waals surface area contributed by atoms with Gasteiger partial charge in [-0.05, 0) is 74.9 Å². The summed E-state index contributed by atoms with van der Waals surface area (Å²) in [6.45, 7) is 4.58. The second-order valence-corrected chi connectivity index (χ2v) is 8.98. The number of pyridine rings is 1. The molecule has 1 N–H and O–H groups in total. The van der Waals surface area contributed by atoms with Gasteiger partial charge in [0.15, 0.2) is 0 Å². The van der Waals surface area contributed by atoms with E-state index in [-0.39, 0.29) is 18.1 Å². The maximum Gasteiger partial charge on any atom is 0.225 e. The Labute approximate surface area is 184 Å². The number of ether oxygens (including phenoxy) is 2. The molecule has 5 nitrogen and oxygen atoms in total. The highest BCUT2D eigenvalue weighted by Gasteiger charge is 2.31. The fraction of sp³-hybridized carbons (Fsp3) is 0.500. The molecule has 1 aromatic heterocycles. The molecular weight excluding hydrogens is 400 g/mol. The Balaban J connectivity index is 1.35. The molecule has 6 heteroatoms. The lowest BCUT2D eigenvalue weighted by Gasteiger charge is -2.32. The molecule has 1 aromatic carbocycles. The molecule has 30 heavy (non-hydrogen) atoms. The normalized spacial score (nSPS) is 19.2. The number of nitrogens with zero attached hydrogens (tertiary/aromatic N) is 1. The van der Waals surface area contributed by atoms with Gasteiger partial charge in [-0.3, -0.25) is 9.78 Å². The van der Waals surface area contributed by atoms with Gasteiger partial charge < -0.3 is 14.8 Å². The summed E-state index contributed by atoms with van der Waals surface area (Å²) in [5.74, 6) is 1.73. The van der Waals surface area contributed by atoms with E-state index in [2.05, 4.69) is 10.3 Å². The van der Waals surface area contributed by atoms with Crippen molar-refractivity contribution in [2.24, 2.45) is 5.41 Å². The molecule has 0 bridgehead atoms. The Morgan fingerprint density at radius 3 is 2.53 bits per heavy atom. The molecule has 0 unspecified atom stereocenters. The minimum absolute atomic E-state index is 0.116. The monoisotopic (exact) mass is 430 g/mol. The number of rotatable bonds is 9. The van der Waals surface area contributed by atoms with Crippen molar-refractivity contribution in [1.82, 2.24) is 10.3 Å². The number of hydrogen-bond donors (Lipinski definition) is 1. The van der Waals surface area contributed by atoms with Crippen molar-refractivity contribution in [3.05, 3.63) is 53.8 Å². The van der Waals surface area contributed by atoms with Crippen molar-refractivity contribution >= 4 is 17.5 Å². The SMILES string of the molecule is CC(C)(CCCOc1ccc(Cl)cc1)C(=O)NC1CCC(Oc2cccnc2)CC1. The lowest BCUT2D eigenvalue weighted by molar-refractivity contribution is -0.130. The second kappa shape index (κ2) is 10.7. The zero-order valence-electron chi connectivity index (χ0n) is 17.8. The van der Waals surface area contributed by atoms with Crippen molar-refractivity contribution in [2.75, 3.05) is 6.61 Å². The number of benzene rings is 1. The van der Waals surface area contributed by atoms with Gasteiger partial charge in [-0.1, -0.05) is 25.4 Å². The summed E-state index contributed by atoms with van der Waals surface area (Å²) in [7, 11) is 0. The van der Waals surface area contributed by atoms with E-state index in [1.54, 1.807) is 12.4 Å². The summed E-state index contributed by atoms with van der Waals surface area (Å²) in [5, 5.41) is 3.94. The fourth-order valence-electron chi connectivity index (χ4n) is 3.66. The minimum Gasteiger partial charge on any atom is -0.494 e. The number of carbonyl (C=O) groups excluding carboxylic acids is 1. The van der Waals surface area contributed by atoms with Crippen LogP contribution in [-0.2, 0) is 4.79 Å². The molecule has 2 aromatic rings. The number of carbonyl (C=O) groups is 1. The first-order valence-corrected chi connectivity index (χ1v) is 11.1. The van der Waals surface area contributed by atoms with Crippen molar-refractivity contribution in [1.29, 1.82) is 0 Å². The molecule has 0 spiro atoms. The van der Waals surface area contributed by atoms with Crippen LogP contribution in [-0.4, -0.2) is 29.6 Å². The van der Waals surface area contributed by atoms with E-state index >= 15 is 0 Å². The molecule has 1 aliphatic carbocycles. The molecule has 162 valence electrons. The summed E-state index contributed by atoms with van der Waals surface area (Å²) in [6.07, 6.45) is 9.02. The van der Waals surface area contributed by atoms with Crippen LogP contribution in [0, 0.1) is 5.41 Å². The number of amides is 1. The molecule has 1 heterocycles. The van der Waals surface area contributed by atoms with Crippen molar-refractivity contribution in [3.63, 3.8) is 0 Å². The van der Waals surface area contributed by atoms with E-state index in [1.807, 2.05) is 50.2 Å². The topological polar surface area (TPSA) is 60.5 Å². The van der Waals surface area contributed by atoms with Crippen LogP contribution in [0.1, 0.15) is 52.4 Å². The van der Waals surface area contributed by atoms with Gasteiger partial charge in [0.05, 0.1) is 18.9 Å². The van der Waals surface area contributed by atoms with Crippen LogP contribution in [0.3, 0.4) is 0 Å². The van der Waals surface area contributed by atoms with Gasteiger partial charge in [-0.25, -0.2) is 0 Å². The lowest BCUT2D eigenvalue weighted by atomic mass is 9.85. The largest absolute Gasteiger partial charge is 0.494 e. The molecular formula is C24H31ClN2O3. The zero-order chi connectivity index (χ0) is 21.4. The summed E-state index contributed by atoms with van der Waals surface area (Å²) in [5.41, 5.74) is -0.424. The highest BCUT2D eigenvalue weighted by Crippen LogP contribution is 2.27. The number of aromatic nitrogens is 1. The lowest BCUT2D eigenvalue weighted by Crippen LogP contribution is -2.45.